The lowest BCUT2D eigenvalue weighted by Crippen LogP contribution is -2.51. The van der Waals surface area contributed by atoms with Gasteiger partial charge in [-0.3, -0.25) is 0 Å². The van der Waals surface area contributed by atoms with Gasteiger partial charge in [0.05, 0.1) is 6.10 Å². The number of aliphatic hydroxyl groups excluding tert-OH is 1. The molecule has 1 aliphatic rings. The van der Waals surface area contributed by atoms with Crippen LogP contribution in [-0.2, 0) is 4.79 Å². The molecule has 80 valence electrons. The van der Waals surface area contributed by atoms with E-state index in [0.717, 1.165) is 12.8 Å². The van der Waals surface area contributed by atoms with Crippen molar-refractivity contribution in [1.82, 2.24) is 10.6 Å². The van der Waals surface area contributed by atoms with E-state index in [1.807, 2.05) is 0 Å². The molecule has 6 heteroatoms. The van der Waals surface area contributed by atoms with Gasteiger partial charge in [0.1, 0.15) is 0 Å². The number of carbonyl (C=O) groups excluding carboxylic acids is 1. The van der Waals surface area contributed by atoms with Crippen LogP contribution in [0.25, 0.3) is 0 Å². The summed E-state index contributed by atoms with van der Waals surface area (Å²) >= 11 is 0. The SMILES string of the molecule is C[C@@H](O)[C@H](NC(=O)NC1CC1)C(=O)O. The zero-order valence-electron chi connectivity index (χ0n) is 7.86. The lowest BCUT2D eigenvalue weighted by Gasteiger charge is -2.17. The van der Waals surface area contributed by atoms with Gasteiger partial charge in [-0.25, -0.2) is 9.59 Å². The molecule has 1 saturated carbocycles. The molecule has 0 radical (unpaired) electrons. The van der Waals surface area contributed by atoms with Crippen molar-refractivity contribution in [2.75, 3.05) is 0 Å². The molecule has 1 aliphatic carbocycles. The summed E-state index contributed by atoms with van der Waals surface area (Å²) in [4.78, 5) is 21.7. The summed E-state index contributed by atoms with van der Waals surface area (Å²) < 4.78 is 0. The minimum Gasteiger partial charge on any atom is -0.480 e. The number of carboxylic acids is 1. The van der Waals surface area contributed by atoms with Gasteiger partial charge < -0.3 is 20.8 Å². The Morgan fingerprint density at radius 1 is 1.43 bits per heavy atom. The summed E-state index contributed by atoms with van der Waals surface area (Å²) in [5, 5.41) is 22.5. The minimum atomic E-state index is -1.26. The standard InChI is InChI=1S/C8H14N2O4/c1-4(11)6(7(12)13)10-8(14)9-5-2-3-5/h4-6,11H,2-3H2,1H3,(H,12,13)(H2,9,10,14)/t4-,6+/m1/s1. The number of carbonyl (C=O) groups is 2. The van der Waals surface area contributed by atoms with E-state index in [1.165, 1.54) is 6.92 Å². The molecular weight excluding hydrogens is 188 g/mol. The number of nitrogens with one attached hydrogen (secondary N) is 2. The Morgan fingerprint density at radius 3 is 2.36 bits per heavy atom. The number of urea groups is 1. The Kier molecular flexibility index (Phi) is 3.29. The molecule has 0 unspecified atom stereocenters. The summed E-state index contributed by atoms with van der Waals surface area (Å²) in [6.07, 6.45) is 0.747. The Bertz CT molecular complexity index is 237. The third-order valence-corrected chi connectivity index (χ3v) is 1.95. The average molecular weight is 202 g/mol. The predicted octanol–water partition coefficient (Wildman–Crippen LogP) is -0.718. The molecule has 1 fully saturated rings. The van der Waals surface area contributed by atoms with Crippen molar-refractivity contribution in [3.05, 3.63) is 0 Å². The average Bonchev–Trinajstić information content (AvgIpc) is 2.82. The monoisotopic (exact) mass is 202 g/mol. The van der Waals surface area contributed by atoms with E-state index in [2.05, 4.69) is 10.6 Å². The summed E-state index contributed by atoms with van der Waals surface area (Å²) in [5.74, 6) is -1.24. The quantitative estimate of drug-likeness (QED) is 0.483. The highest BCUT2D eigenvalue weighted by Gasteiger charge is 2.28. The van der Waals surface area contributed by atoms with E-state index >= 15 is 0 Å². The van der Waals surface area contributed by atoms with Crippen LogP contribution < -0.4 is 10.6 Å². The van der Waals surface area contributed by atoms with Gasteiger partial charge in [-0.1, -0.05) is 0 Å². The topological polar surface area (TPSA) is 98.7 Å². The molecule has 0 aliphatic heterocycles. The van der Waals surface area contributed by atoms with Crippen LogP contribution in [0, 0.1) is 0 Å². The molecule has 2 amide bonds. The van der Waals surface area contributed by atoms with Crippen LogP contribution in [0.2, 0.25) is 0 Å². The molecule has 0 bridgehead atoms. The first-order chi connectivity index (χ1) is 6.50. The molecule has 1 rings (SSSR count). The highest BCUT2D eigenvalue weighted by Crippen LogP contribution is 2.18. The second-order valence-electron chi connectivity index (χ2n) is 3.45. The molecule has 6 nitrogen and oxygen atoms in total. The summed E-state index contributed by atoms with van der Waals surface area (Å²) in [5.41, 5.74) is 0. The maximum atomic E-state index is 11.1. The zero-order chi connectivity index (χ0) is 10.7. The number of hydrogen-bond acceptors (Lipinski definition) is 3. The molecule has 2 atom stereocenters. The van der Waals surface area contributed by atoms with Gasteiger partial charge in [0.2, 0.25) is 0 Å². The normalized spacial score (nSPS) is 19.6. The number of amides is 2. The van der Waals surface area contributed by atoms with Crippen molar-refractivity contribution in [3.8, 4) is 0 Å². The Morgan fingerprint density at radius 2 is 2.00 bits per heavy atom. The fourth-order valence-electron chi connectivity index (χ4n) is 0.985. The first-order valence-electron chi connectivity index (χ1n) is 4.48. The van der Waals surface area contributed by atoms with Gasteiger partial charge in [0.25, 0.3) is 0 Å². The number of rotatable bonds is 4. The second kappa shape index (κ2) is 4.28. The molecule has 0 aromatic carbocycles. The van der Waals surface area contributed by atoms with Crippen LogP contribution in [0.5, 0.6) is 0 Å². The van der Waals surface area contributed by atoms with Gasteiger partial charge in [0.15, 0.2) is 6.04 Å². The molecular formula is C8H14N2O4. The lowest BCUT2D eigenvalue weighted by molar-refractivity contribution is -0.141. The van der Waals surface area contributed by atoms with Crippen molar-refractivity contribution in [2.24, 2.45) is 0 Å². The van der Waals surface area contributed by atoms with Gasteiger partial charge in [-0.05, 0) is 19.8 Å². The van der Waals surface area contributed by atoms with Crippen LogP contribution in [0.15, 0.2) is 0 Å². The molecule has 4 N–H and O–H groups in total. The molecule has 14 heavy (non-hydrogen) atoms. The van der Waals surface area contributed by atoms with Crippen LogP contribution in [0.3, 0.4) is 0 Å². The zero-order valence-corrected chi connectivity index (χ0v) is 7.86. The van der Waals surface area contributed by atoms with Crippen LogP contribution in [0.1, 0.15) is 19.8 Å². The molecule has 0 spiro atoms. The van der Waals surface area contributed by atoms with E-state index < -0.39 is 24.1 Å². The highest BCUT2D eigenvalue weighted by atomic mass is 16.4. The van der Waals surface area contributed by atoms with E-state index in [1.54, 1.807) is 0 Å². The molecule has 0 heterocycles. The second-order valence-corrected chi connectivity index (χ2v) is 3.45. The minimum absolute atomic E-state index is 0.165. The smallest absolute Gasteiger partial charge is 0.328 e. The van der Waals surface area contributed by atoms with Crippen LogP contribution >= 0.6 is 0 Å². The fraction of sp³-hybridized carbons (Fsp3) is 0.750. The Balaban J connectivity index is 2.37. The Labute approximate surface area is 81.3 Å². The number of carboxylic acid groups (broad SMARTS) is 1. The van der Waals surface area contributed by atoms with Crippen molar-refractivity contribution in [1.29, 1.82) is 0 Å². The summed E-state index contributed by atoms with van der Waals surface area (Å²) in [6.45, 7) is 1.32. The number of aliphatic hydroxyl groups is 1. The van der Waals surface area contributed by atoms with E-state index in [9.17, 15) is 9.59 Å². The van der Waals surface area contributed by atoms with E-state index in [0.29, 0.717) is 0 Å². The summed E-state index contributed by atoms with van der Waals surface area (Å²) in [6, 6.07) is -1.63. The first kappa shape index (κ1) is 10.8. The first-order valence-corrected chi connectivity index (χ1v) is 4.48. The van der Waals surface area contributed by atoms with Crippen molar-refractivity contribution in [2.45, 2.75) is 38.0 Å². The number of aliphatic carboxylic acids is 1. The Hall–Kier alpha value is -1.30. The van der Waals surface area contributed by atoms with Gasteiger partial charge >= 0.3 is 12.0 Å². The maximum Gasteiger partial charge on any atom is 0.328 e. The molecule has 0 saturated heterocycles. The fourth-order valence-corrected chi connectivity index (χ4v) is 0.985. The lowest BCUT2D eigenvalue weighted by atomic mass is 10.2. The third-order valence-electron chi connectivity index (χ3n) is 1.95. The van der Waals surface area contributed by atoms with E-state index in [4.69, 9.17) is 10.2 Å². The van der Waals surface area contributed by atoms with Gasteiger partial charge in [-0.2, -0.15) is 0 Å². The summed E-state index contributed by atoms with van der Waals surface area (Å²) in [7, 11) is 0. The van der Waals surface area contributed by atoms with Crippen molar-refractivity contribution >= 4 is 12.0 Å². The molecule has 0 aromatic heterocycles. The highest BCUT2D eigenvalue weighted by molar-refractivity contribution is 5.83. The van der Waals surface area contributed by atoms with Crippen molar-refractivity contribution < 1.29 is 19.8 Å². The van der Waals surface area contributed by atoms with E-state index in [-0.39, 0.29) is 6.04 Å². The van der Waals surface area contributed by atoms with Crippen LogP contribution in [-0.4, -0.2) is 40.4 Å². The predicted molar refractivity (Wildman–Crippen MR) is 47.8 cm³/mol. The molecule has 0 aromatic rings. The van der Waals surface area contributed by atoms with Crippen molar-refractivity contribution in [3.63, 3.8) is 0 Å². The number of hydrogen-bond donors (Lipinski definition) is 4. The van der Waals surface area contributed by atoms with Gasteiger partial charge in [-0.15, -0.1) is 0 Å². The maximum absolute atomic E-state index is 11.1. The third kappa shape index (κ3) is 3.21. The largest absolute Gasteiger partial charge is 0.480 e. The van der Waals surface area contributed by atoms with Crippen LogP contribution in [0.4, 0.5) is 4.79 Å². The van der Waals surface area contributed by atoms with Gasteiger partial charge in [0, 0.05) is 6.04 Å².